The van der Waals surface area contributed by atoms with Crippen LogP contribution in [0.15, 0.2) is 23.1 Å². The summed E-state index contributed by atoms with van der Waals surface area (Å²) in [6, 6.07) is -0.189. The van der Waals surface area contributed by atoms with E-state index in [2.05, 4.69) is 56.3 Å². The molecule has 0 saturated carbocycles. The van der Waals surface area contributed by atoms with Gasteiger partial charge in [-0.2, -0.15) is 0 Å². The van der Waals surface area contributed by atoms with Crippen molar-refractivity contribution in [1.82, 2.24) is 10.3 Å². The Balaban J connectivity index is 2.49. The molecule has 1 aliphatic heterocycles. The molecule has 2 N–H and O–H groups in total. The topological polar surface area (TPSA) is 88.5 Å². The normalized spacial score (nSPS) is 29.2. The summed E-state index contributed by atoms with van der Waals surface area (Å²) in [6.07, 6.45) is 8.40. The lowest BCUT2D eigenvalue weighted by atomic mass is 9.73. The van der Waals surface area contributed by atoms with Gasteiger partial charge in [-0.05, 0) is 75.2 Å². The summed E-state index contributed by atoms with van der Waals surface area (Å²) in [5.41, 5.74) is 0.979. The van der Waals surface area contributed by atoms with Gasteiger partial charge in [-0.1, -0.05) is 60.6 Å². The number of nitrogens with one attached hydrogen (secondary N) is 1. The van der Waals surface area contributed by atoms with Gasteiger partial charge in [0.2, 0.25) is 5.91 Å². The number of hydrogen-bond acceptors (Lipinski definition) is 6. The van der Waals surface area contributed by atoms with Crippen LogP contribution in [0.3, 0.4) is 0 Å². The molecule has 1 amide bonds. The minimum Gasteiger partial charge on any atom is -0.412 e. The first-order valence-electron chi connectivity index (χ1n) is 14.8. The molecule has 8 heteroatoms. The monoisotopic (exact) mass is 590 g/mol. The van der Waals surface area contributed by atoms with Crippen molar-refractivity contribution in [2.24, 2.45) is 17.3 Å². The van der Waals surface area contributed by atoms with Crippen LogP contribution in [0.25, 0.3) is 6.08 Å². The van der Waals surface area contributed by atoms with E-state index in [0.717, 1.165) is 35.5 Å². The van der Waals surface area contributed by atoms with Crippen molar-refractivity contribution in [3.63, 3.8) is 0 Å². The Morgan fingerprint density at radius 3 is 2.45 bits per heavy atom. The van der Waals surface area contributed by atoms with Crippen molar-refractivity contribution in [2.75, 3.05) is 0 Å². The van der Waals surface area contributed by atoms with Crippen LogP contribution >= 0.6 is 11.3 Å². The van der Waals surface area contributed by atoms with Gasteiger partial charge in [-0.15, -0.1) is 11.3 Å². The summed E-state index contributed by atoms with van der Waals surface area (Å²) >= 11 is 1.61. The number of amides is 1. The molecule has 2 heterocycles. The lowest BCUT2D eigenvalue weighted by Crippen LogP contribution is -2.53. The molecule has 6 nitrogen and oxygen atoms in total. The molecule has 0 fully saturated rings. The third-order valence-corrected chi connectivity index (χ3v) is 14.3. The lowest BCUT2D eigenvalue weighted by Gasteiger charge is -2.44. The van der Waals surface area contributed by atoms with E-state index in [-0.39, 0.29) is 35.1 Å². The molecule has 5 atom stereocenters. The first-order chi connectivity index (χ1) is 18.4. The van der Waals surface area contributed by atoms with Crippen LogP contribution in [0, 0.1) is 24.2 Å². The molecular weight excluding hydrogens is 537 g/mol. The van der Waals surface area contributed by atoms with Crippen molar-refractivity contribution >= 4 is 37.4 Å². The second kappa shape index (κ2) is 14.0. The number of nitrogens with zero attached hydrogens (tertiary/aromatic N) is 1. The molecule has 2 rings (SSSR count). The number of carbonyl (C=O) groups excluding carboxylic acids is 2. The van der Waals surface area contributed by atoms with Gasteiger partial charge in [-0.3, -0.25) is 9.59 Å². The molecule has 1 aromatic rings. The fourth-order valence-electron chi connectivity index (χ4n) is 5.01. The van der Waals surface area contributed by atoms with E-state index in [0.29, 0.717) is 6.42 Å². The molecular formula is C32H54N2O4SSi. The second-order valence-corrected chi connectivity index (χ2v) is 19.7. The molecule has 226 valence electrons. The largest absolute Gasteiger partial charge is 0.412 e. The summed E-state index contributed by atoms with van der Waals surface area (Å²) in [6.45, 7) is 22.4. The fourth-order valence-corrected chi connectivity index (χ4v) is 7.02. The van der Waals surface area contributed by atoms with Crippen LogP contribution in [-0.4, -0.2) is 48.3 Å². The van der Waals surface area contributed by atoms with Crippen LogP contribution in [0.4, 0.5) is 0 Å². The van der Waals surface area contributed by atoms with Gasteiger partial charge < -0.3 is 14.8 Å². The zero-order chi connectivity index (χ0) is 30.5. The molecule has 0 aromatic carbocycles. The van der Waals surface area contributed by atoms with Gasteiger partial charge in [0.25, 0.3) is 0 Å². The van der Waals surface area contributed by atoms with Crippen molar-refractivity contribution in [3.8, 4) is 0 Å². The van der Waals surface area contributed by atoms with Crippen LogP contribution < -0.4 is 5.32 Å². The highest BCUT2D eigenvalue weighted by molar-refractivity contribution is 7.09. The average molecular weight is 591 g/mol. The highest BCUT2D eigenvalue weighted by Crippen LogP contribution is 2.42. The summed E-state index contributed by atoms with van der Waals surface area (Å²) in [4.78, 5) is 32.2. The van der Waals surface area contributed by atoms with Crippen LogP contribution in [-0.2, 0) is 14.0 Å². The van der Waals surface area contributed by atoms with E-state index in [1.165, 1.54) is 0 Å². The third-order valence-electron chi connectivity index (χ3n) is 9.03. The standard InChI is InChI=1S/C32H54N2O4SSi/c1-21-16-14-12-13-15-17-26(22(2)18-25-20-39-24(4)33-25)34-28(35)19-27(38-40(10,11)31(5,6)7)32(8,9)30(37)23(3)29(21)36/h13,15,18,20-21,23,26-27,29,36H,12,14,16-17,19H2,1-11H3,(H,34,35)/b15-13-,22-18+/t21-,23+,26-,27-,29-/m0/s1. The number of allylic oxidation sites excluding steroid dienone is 1. The molecule has 0 unspecified atom stereocenters. The Kier molecular flexibility index (Phi) is 12.1. The summed E-state index contributed by atoms with van der Waals surface area (Å²) in [5, 5.41) is 17.3. The van der Waals surface area contributed by atoms with Gasteiger partial charge in [0.15, 0.2) is 8.32 Å². The second-order valence-electron chi connectivity index (χ2n) is 13.9. The van der Waals surface area contributed by atoms with Gasteiger partial charge in [0, 0.05) is 16.7 Å². The molecule has 1 aromatic heterocycles. The Hall–Kier alpha value is -1.61. The first kappa shape index (κ1) is 34.6. The molecule has 0 bridgehead atoms. The predicted molar refractivity (Wildman–Crippen MR) is 170 cm³/mol. The van der Waals surface area contributed by atoms with Gasteiger partial charge in [-0.25, -0.2) is 4.98 Å². The Bertz CT molecular complexity index is 1070. The molecule has 0 saturated heterocycles. The Labute approximate surface area is 248 Å². The highest BCUT2D eigenvalue weighted by Gasteiger charge is 2.48. The molecule has 0 aliphatic carbocycles. The fraction of sp³-hybridized carbons (Fsp3) is 0.719. The Morgan fingerprint density at radius 2 is 1.88 bits per heavy atom. The van der Waals surface area contributed by atoms with Crippen LogP contribution in [0.5, 0.6) is 0 Å². The smallest absolute Gasteiger partial charge is 0.223 e. The minimum atomic E-state index is -2.33. The third kappa shape index (κ3) is 9.20. The van der Waals surface area contributed by atoms with Crippen molar-refractivity contribution < 1.29 is 19.1 Å². The van der Waals surface area contributed by atoms with E-state index < -0.39 is 31.9 Å². The van der Waals surface area contributed by atoms with Crippen molar-refractivity contribution in [1.29, 1.82) is 0 Å². The SMILES string of the molecule is C/C(=C\c1csc(C)n1)[C@@H]1C/C=C\CCC[C@H](C)[C@H](O)[C@@H](C)C(=O)C(C)(C)[C@@H](O[Si](C)(C)C(C)(C)C)CC(=O)N1. The average Bonchev–Trinajstić information content (AvgIpc) is 3.25. The zero-order valence-electron chi connectivity index (χ0n) is 26.8. The van der Waals surface area contributed by atoms with Crippen LogP contribution in [0.2, 0.25) is 18.1 Å². The molecule has 1 aliphatic rings. The number of aliphatic hydroxyl groups is 1. The number of Topliss-reactive ketones (excluding diaryl/α,β-unsaturated/α-hetero) is 1. The lowest BCUT2D eigenvalue weighted by molar-refractivity contribution is -0.142. The Morgan fingerprint density at radius 1 is 1.23 bits per heavy atom. The van der Waals surface area contributed by atoms with Gasteiger partial charge >= 0.3 is 0 Å². The van der Waals surface area contributed by atoms with E-state index in [9.17, 15) is 14.7 Å². The molecule has 40 heavy (non-hydrogen) atoms. The quantitative estimate of drug-likeness (QED) is 0.280. The van der Waals surface area contributed by atoms with Crippen molar-refractivity contribution in [2.45, 2.75) is 131 Å². The first-order valence-corrected chi connectivity index (χ1v) is 18.6. The minimum absolute atomic E-state index is 0.00129. The molecule has 0 radical (unpaired) electrons. The van der Waals surface area contributed by atoms with E-state index >= 15 is 0 Å². The van der Waals surface area contributed by atoms with Crippen LogP contribution in [0.1, 0.15) is 98.2 Å². The maximum atomic E-state index is 14.0. The van der Waals surface area contributed by atoms with Gasteiger partial charge in [0.1, 0.15) is 5.78 Å². The highest BCUT2D eigenvalue weighted by atomic mass is 32.1. The summed E-state index contributed by atoms with van der Waals surface area (Å²) < 4.78 is 6.85. The van der Waals surface area contributed by atoms with E-state index in [1.54, 1.807) is 11.3 Å². The number of thiazole rings is 1. The van der Waals surface area contributed by atoms with E-state index in [4.69, 9.17) is 4.43 Å². The van der Waals surface area contributed by atoms with Crippen molar-refractivity contribution in [3.05, 3.63) is 33.8 Å². The number of aromatic nitrogens is 1. The van der Waals surface area contributed by atoms with E-state index in [1.807, 2.05) is 53.0 Å². The maximum Gasteiger partial charge on any atom is 0.223 e. The molecule has 0 spiro atoms. The zero-order valence-corrected chi connectivity index (χ0v) is 28.6. The number of ketones is 1. The number of hydrogen-bond donors (Lipinski definition) is 2. The predicted octanol–water partition coefficient (Wildman–Crippen LogP) is 7.48. The maximum absolute atomic E-state index is 14.0. The number of aliphatic hydroxyl groups excluding tert-OH is 1. The summed E-state index contributed by atoms with van der Waals surface area (Å²) in [5.74, 6) is -0.749. The summed E-state index contributed by atoms with van der Waals surface area (Å²) in [7, 11) is -2.33. The number of carbonyl (C=O) groups is 2. The number of rotatable bonds is 4. The number of aryl methyl sites for hydroxylation is 1. The van der Waals surface area contributed by atoms with Gasteiger partial charge in [0.05, 0.1) is 35.4 Å².